The first-order chi connectivity index (χ1) is 7.09. The minimum absolute atomic E-state index is 0.263. The summed E-state index contributed by atoms with van der Waals surface area (Å²) < 4.78 is 0. The standard InChI is InChI=1S/C12H18O3/c13-10(11(14)15)12-4-7-1-8(5-12)3-9(2-7)6-12/h7-10,13H,1-6H2,(H,14,15). The van der Waals surface area contributed by atoms with E-state index in [1.807, 2.05) is 0 Å². The highest BCUT2D eigenvalue weighted by Crippen LogP contribution is 2.61. The Morgan fingerprint density at radius 2 is 1.47 bits per heavy atom. The van der Waals surface area contributed by atoms with Gasteiger partial charge in [-0.15, -0.1) is 0 Å². The van der Waals surface area contributed by atoms with Crippen molar-refractivity contribution < 1.29 is 15.0 Å². The zero-order chi connectivity index (χ0) is 10.6. The van der Waals surface area contributed by atoms with E-state index in [4.69, 9.17) is 5.11 Å². The van der Waals surface area contributed by atoms with Crippen LogP contribution in [-0.2, 0) is 4.79 Å². The van der Waals surface area contributed by atoms with Gasteiger partial charge in [-0.25, -0.2) is 4.79 Å². The van der Waals surface area contributed by atoms with Crippen LogP contribution >= 0.6 is 0 Å². The lowest BCUT2D eigenvalue weighted by molar-refractivity contribution is -0.170. The summed E-state index contributed by atoms with van der Waals surface area (Å²) in [5.41, 5.74) is -0.263. The van der Waals surface area contributed by atoms with Gasteiger partial charge in [0.2, 0.25) is 0 Å². The van der Waals surface area contributed by atoms with Crippen molar-refractivity contribution in [2.45, 2.75) is 44.6 Å². The fourth-order valence-corrected chi connectivity index (χ4v) is 4.77. The summed E-state index contributed by atoms with van der Waals surface area (Å²) in [6.07, 6.45) is 5.58. The molecule has 0 spiro atoms. The van der Waals surface area contributed by atoms with Crippen molar-refractivity contribution in [3.63, 3.8) is 0 Å². The molecule has 0 aromatic heterocycles. The Morgan fingerprint density at radius 3 is 1.80 bits per heavy atom. The quantitative estimate of drug-likeness (QED) is 0.728. The average molecular weight is 210 g/mol. The molecule has 0 aromatic rings. The summed E-state index contributed by atoms with van der Waals surface area (Å²) >= 11 is 0. The van der Waals surface area contributed by atoms with E-state index in [-0.39, 0.29) is 5.41 Å². The van der Waals surface area contributed by atoms with Crippen LogP contribution < -0.4 is 0 Å². The maximum Gasteiger partial charge on any atom is 0.333 e. The number of aliphatic hydroxyl groups excluding tert-OH is 1. The van der Waals surface area contributed by atoms with Gasteiger partial charge in [0.05, 0.1) is 0 Å². The number of hydrogen-bond donors (Lipinski definition) is 2. The maximum absolute atomic E-state index is 11.0. The van der Waals surface area contributed by atoms with Crippen molar-refractivity contribution in [3.8, 4) is 0 Å². The van der Waals surface area contributed by atoms with E-state index in [0.29, 0.717) is 17.8 Å². The number of hydrogen-bond acceptors (Lipinski definition) is 2. The van der Waals surface area contributed by atoms with Gasteiger partial charge in [-0.05, 0) is 56.3 Å². The third kappa shape index (κ3) is 1.32. The van der Waals surface area contributed by atoms with Crippen LogP contribution in [0, 0.1) is 23.2 Å². The van der Waals surface area contributed by atoms with Crippen molar-refractivity contribution in [3.05, 3.63) is 0 Å². The molecule has 4 aliphatic carbocycles. The second-order valence-electron chi connectivity index (χ2n) is 6.02. The fourth-order valence-electron chi connectivity index (χ4n) is 4.77. The van der Waals surface area contributed by atoms with Crippen LogP contribution in [-0.4, -0.2) is 22.3 Å². The van der Waals surface area contributed by atoms with Crippen molar-refractivity contribution in [1.82, 2.24) is 0 Å². The van der Waals surface area contributed by atoms with E-state index in [9.17, 15) is 9.90 Å². The molecule has 0 aliphatic heterocycles. The number of carboxylic acids is 1. The van der Waals surface area contributed by atoms with Crippen LogP contribution in [0.4, 0.5) is 0 Å². The van der Waals surface area contributed by atoms with E-state index >= 15 is 0 Å². The smallest absolute Gasteiger partial charge is 0.333 e. The van der Waals surface area contributed by atoms with E-state index < -0.39 is 12.1 Å². The SMILES string of the molecule is O=C(O)C(O)C12CC3CC(CC(C3)C1)C2. The Bertz CT molecular complexity index is 262. The number of aliphatic carboxylic acids is 1. The van der Waals surface area contributed by atoms with E-state index in [0.717, 1.165) is 19.3 Å². The summed E-state index contributed by atoms with van der Waals surface area (Å²) in [7, 11) is 0. The Kier molecular flexibility index (Phi) is 1.91. The van der Waals surface area contributed by atoms with Gasteiger partial charge in [0, 0.05) is 5.41 Å². The van der Waals surface area contributed by atoms with Crippen LogP contribution in [0.3, 0.4) is 0 Å². The number of carbonyl (C=O) groups is 1. The molecule has 3 nitrogen and oxygen atoms in total. The summed E-state index contributed by atoms with van der Waals surface area (Å²) in [5, 5.41) is 18.9. The van der Waals surface area contributed by atoms with Crippen LogP contribution in [0.2, 0.25) is 0 Å². The summed E-state index contributed by atoms with van der Waals surface area (Å²) in [6.45, 7) is 0. The largest absolute Gasteiger partial charge is 0.479 e. The van der Waals surface area contributed by atoms with Crippen LogP contribution in [0.5, 0.6) is 0 Å². The molecule has 4 rings (SSSR count). The minimum atomic E-state index is -1.12. The van der Waals surface area contributed by atoms with Crippen molar-refractivity contribution >= 4 is 5.97 Å². The van der Waals surface area contributed by atoms with Crippen LogP contribution in [0.1, 0.15) is 38.5 Å². The first-order valence-corrected chi connectivity index (χ1v) is 6.00. The normalized spacial score (nSPS) is 49.3. The van der Waals surface area contributed by atoms with Gasteiger partial charge in [0.1, 0.15) is 0 Å². The Morgan fingerprint density at radius 1 is 1.07 bits per heavy atom. The number of carboxylic acid groups (broad SMARTS) is 1. The molecule has 0 saturated heterocycles. The van der Waals surface area contributed by atoms with Gasteiger partial charge >= 0.3 is 5.97 Å². The van der Waals surface area contributed by atoms with Gasteiger partial charge in [-0.3, -0.25) is 0 Å². The highest BCUT2D eigenvalue weighted by molar-refractivity contribution is 5.73. The molecule has 84 valence electrons. The van der Waals surface area contributed by atoms with Gasteiger partial charge < -0.3 is 10.2 Å². The molecular formula is C12H18O3. The molecule has 4 bridgehead atoms. The molecule has 0 heterocycles. The molecule has 0 amide bonds. The lowest BCUT2D eigenvalue weighted by Gasteiger charge is -2.57. The molecule has 15 heavy (non-hydrogen) atoms. The summed E-state index contributed by atoms with van der Waals surface area (Å²) in [6, 6.07) is 0. The van der Waals surface area contributed by atoms with Crippen molar-refractivity contribution in [2.24, 2.45) is 23.2 Å². The van der Waals surface area contributed by atoms with E-state index in [2.05, 4.69) is 0 Å². The highest BCUT2D eigenvalue weighted by Gasteiger charge is 2.55. The monoisotopic (exact) mass is 210 g/mol. The lowest BCUT2D eigenvalue weighted by atomic mass is 9.48. The molecule has 4 saturated carbocycles. The predicted octanol–water partition coefficient (Wildman–Crippen LogP) is 1.65. The topological polar surface area (TPSA) is 57.5 Å². The van der Waals surface area contributed by atoms with Crippen LogP contribution in [0.25, 0.3) is 0 Å². The predicted molar refractivity (Wildman–Crippen MR) is 54.2 cm³/mol. The summed E-state index contributed by atoms with van der Waals surface area (Å²) in [4.78, 5) is 11.0. The molecule has 1 atom stereocenters. The molecule has 1 unspecified atom stereocenters. The van der Waals surface area contributed by atoms with E-state index in [1.165, 1.54) is 19.3 Å². The molecule has 0 aromatic carbocycles. The molecule has 4 aliphatic rings. The van der Waals surface area contributed by atoms with Gasteiger partial charge in [0.15, 0.2) is 6.10 Å². The van der Waals surface area contributed by atoms with Crippen molar-refractivity contribution in [2.75, 3.05) is 0 Å². The van der Waals surface area contributed by atoms with Gasteiger partial charge in [0.25, 0.3) is 0 Å². The van der Waals surface area contributed by atoms with Crippen LogP contribution in [0.15, 0.2) is 0 Å². The fraction of sp³-hybridized carbons (Fsp3) is 0.917. The number of rotatable bonds is 2. The first-order valence-electron chi connectivity index (χ1n) is 6.00. The second kappa shape index (κ2) is 2.97. The number of aliphatic hydroxyl groups is 1. The minimum Gasteiger partial charge on any atom is -0.479 e. The third-order valence-electron chi connectivity index (χ3n) is 4.90. The third-order valence-corrected chi connectivity index (χ3v) is 4.90. The Labute approximate surface area is 89.5 Å². The zero-order valence-electron chi connectivity index (χ0n) is 8.85. The molecule has 0 radical (unpaired) electrons. The molecule has 3 heteroatoms. The molecular weight excluding hydrogens is 192 g/mol. The Hall–Kier alpha value is -0.570. The van der Waals surface area contributed by atoms with E-state index in [1.54, 1.807) is 0 Å². The van der Waals surface area contributed by atoms with Crippen molar-refractivity contribution in [1.29, 1.82) is 0 Å². The molecule has 2 N–H and O–H groups in total. The average Bonchev–Trinajstić information content (AvgIpc) is 2.14. The van der Waals surface area contributed by atoms with Gasteiger partial charge in [-0.1, -0.05) is 0 Å². The Balaban J connectivity index is 1.89. The summed E-state index contributed by atoms with van der Waals surface area (Å²) in [5.74, 6) is 1.08. The second-order valence-corrected chi connectivity index (χ2v) is 6.02. The van der Waals surface area contributed by atoms with Gasteiger partial charge in [-0.2, -0.15) is 0 Å². The first kappa shape index (κ1) is 9.64. The lowest BCUT2D eigenvalue weighted by Crippen LogP contribution is -2.53. The zero-order valence-corrected chi connectivity index (χ0v) is 8.85. The highest BCUT2D eigenvalue weighted by atomic mass is 16.4. The maximum atomic E-state index is 11.0. The molecule has 4 fully saturated rings.